The van der Waals surface area contributed by atoms with Crippen molar-refractivity contribution in [1.82, 2.24) is 0 Å². The maximum absolute atomic E-state index is 13.5. The Morgan fingerprint density at radius 3 is 2.23 bits per heavy atom. The second kappa shape index (κ2) is 7.74. The summed E-state index contributed by atoms with van der Waals surface area (Å²) in [6.45, 7) is -0.802. The molecule has 2 rings (SSSR count). The first-order chi connectivity index (χ1) is 12.0. The predicted molar refractivity (Wildman–Crippen MR) is 83.2 cm³/mol. The molecular weight excluding hydrogens is 365 g/mol. The summed E-state index contributed by atoms with van der Waals surface area (Å²) in [5.74, 6) is -10.9. The normalized spacial score (nSPS) is 25.1. The predicted octanol–water partition coefficient (Wildman–Crippen LogP) is 6.23. The Balaban J connectivity index is 2.01. The van der Waals surface area contributed by atoms with E-state index in [2.05, 4.69) is 17.7 Å². The first-order valence-electron chi connectivity index (χ1n) is 8.49. The smallest absolute Gasteiger partial charge is 0.308 e. The maximum atomic E-state index is 13.5. The molecule has 0 saturated heterocycles. The number of hydrogen-bond donors (Lipinski definition) is 0. The molecule has 2 aliphatic rings. The molecule has 0 aliphatic heterocycles. The first-order valence-corrected chi connectivity index (χ1v) is 8.49. The van der Waals surface area contributed by atoms with Gasteiger partial charge in [-0.05, 0) is 42.7 Å². The molecule has 8 heteroatoms. The van der Waals surface area contributed by atoms with Crippen LogP contribution in [0, 0.1) is 5.92 Å². The summed E-state index contributed by atoms with van der Waals surface area (Å²) in [5, 5.41) is 0. The van der Waals surface area contributed by atoms with E-state index in [4.69, 9.17) is 0 Å². The fourth-order valence-corrected chi connectivity index (χ4v) is 3.01. The zero-order chi connectivity index (χ0) is 19.6. The van der Waals surface area contributed by atoms with Crippen molar-refractivity contribution in [2.75, 3.05) is 6.67 Å². The molecular formula is C18H21F7O. The summed E-state index contributed by atoms with van der Waals surface area (Å²) < 4.78 is 95.2. The third-order valence-electron chi connectivity index (χ3n) is 4.82. The van der Waals surface area contributed by atoms with Crippen molar-refractivity contribution in [3.05, 3.63) is 35.5 Å². The maximum Gasteiger partial charge on any atom is 0.426 e. The minimum absolute atomic E-state index is 0.159. The monoisotopic (exact) mass is 386 g/mol. The highest BCUT2D eigenvalue weighted by molar-refractivity contribution is 5.42. The summed E-state index contributed by atoms with van der Waals surface area (Å²) in [6.07, 6.45) is 2.91. The van der Waals surface area contributed by atoms with E-state index < -0.39 is 30.7 Å². The molecule has 0 radical (unpaired) electrons. The molecule has 0 aromatic carbocycles. The van der Waals surface area contributed by atoms with Crippen LogP contribution in [-0.2, 0) is 4.74 Å². The standard InChI is InChI=1S/C18H21F7O/c1-2-12-3-5-13(6-4-12)14-7-9-15(10-8-14)26-18(24,25)17(22,23)16(20,21)11-19/h5,7-9,12,15H,2-4,6,10-11H2,1H3. The van der Waals surface area contributed by atoms with Crippen molar-refractivity contribution in [1.29, 1.82) is 0 Å². The van der Waals surface area contributed by atoms with Gasteiger partial charge in [-0.25, -0.2) is 4.39 Å². The van der Waals surface area contributed by atoms with Crippen molar-refractivity contribution in [2.24, 2.45) is 5.92 Å². The Morgan fingerprint density at radius 1 is 1.08 bits per heavy atom. The third kappa shape index (κ3) is 4.15. The van der Waals surface area contributed by atoms with Crippen LogP contribution in [0.1, 0.15) is 39.0 Å². The number of alkyl halides is 7. The first kappa shape index (κ1) is 21.0. The Labute approximate surface area is 147 Å². The number of allylic oxidation sites excluding steroid dienone is 4. The van der Waals surface area contributed by atoms with Crippen LogP contribution >= 0.6 is 0 Å². The molecule has 0 spiro atoms. The van der Waals surface area contributed by atoms with Crippen LogP contribution < -0.4 is 0 Å². The van der Waals surface area contributed by atoms with E-state index in [0.717, 1.165) is 42.9 Å². The number of ether oxygens (including phenoxy) is 1. The van der Waals surface area contributed by atoms with Crippen LogP contribution in [-0.4, -0.2) is 30.7 Å². The highest BCUT2D eigenvalue weighted by Gasteiger charge is 2.73. The lowest BCUT2D eigenvalue weighted by Crippen LogP contribution is -2.57. The minimum Gasteiger partial charge on any atom is -0.308 e. The van der Waals surface area contributed by atoms with Crippen LogP contribution in [0.15, 0.2) is 35.5 Å². The van der Waals surface area contributed by atoms with Crippen molar-refractivity contribution in [3.63, 3.8) is 0 Å². The van der Waals surface area contributed by atoms with E-state index in [9.17, 15) is 30.7 Å². The average molecular weight is 386 g/mol. The Kier molecular flexibility index (Phi) is 6.25. The second-order valence-corrected chi connectivity index (χ2v) is 6.62. The molecule has 0 aromatic heterocycles. The molecule has 0 aromatic rings. The lowest BCUT2D eigenvalue weighted by molar-refractivity contribution is -0.405. The van der Waals surface area contributed by atoms with E-state index in [1.165, 1.54) is 6.08 Å². The quantitative estimate of drug-likeness (QED) is 0.472. The van der Waals surface area contributed by atoms with Gasteiger partial charge in [0.15, 0.2) is 6.67 Å². The van der Waals surface area contributed by atoms with Gasteiger partial charge in [0, 0.05) is 0 Å². The Hall–Kier alpha value is -1.31. The van der Waals surface area contributed by atoms with E-state index in [1.54, 1.807) is 6.08 Å². The molecule has 148 valence electrons. The minimum atomic E-state index is -5.95. The fourth-order valence-electron chi connectivity index (χ4n) is 3.01. The van der Waals surface area contributed by atoms with Gasteiger partial charge in [0.05, 0.1) is 6.10 Å². The second-order valence-electron chi connectivity index (χ2n) is 6.62. The topological polar surface area (TPSA) is 9.23 Å². The molecule has 2 aliphatic carbocycles. The van der Waals surface area contributed by atoms with Crippen LogP contribution in [0.5, 0.6) is 0 Å². The summed E-state index contributed by atoms with van der Waals surface area (Å²) in [7, 11) is 0. The van der Waals surface area contributed by atoms with E-state index in [1.807, 2.05) is 0 Å². The molecule has 0 saturated carbocycles. The van der Waals surface area contributed by atoms with E-state index in [0.29, 0.717) is 5.92 Å². The van der Waals surface area contributed by atoms with Gasteiger partial charge in [-0.15, -0.1) is 0 Å². The fraction of sp³-hybridized carbons (Fsp3) is 0.667. The number of hydrogen-bond acceptors (Lipinski definition) is 1. The lowest BCUT2D eigenvalue weighted by atomic mass is 9.84. The van der Waals surface area contributed by atoms with Gasteiger partial charge in [0.1, 0.15) is 0 Å². The summed E-state index contributed by atoms with van der Waals surface area (Å²) in [6, 6.07) is 0. The van der Waals surface area contributed by atoms with Crippen LogP contribution in [0.4, 0.5) is 30.7 Å². The summed E-state index contributed by atoms with van der Waals surface area (Å²) in [5.41, 5.74) is 1.84. The zero-order valence-electron chi connectivity index (χ0n) is 14.3. The van der Waals surface area contributed by atoms with Crippen molar-refractivity contribution < 1.29 is 35.5 Å². The van der Waals surface area contributed by atoms with Gasteiger partial charge in [-0.1, -0.05) is 37.6 Å². The summed E-state index contributed by atoms with van der Waals surface area (Å²) in [4.78, 5) is 0. The van der Waals surface area contributed by atoms with Crippen molar-refractivity contribution in [2.45, 2.75) is 63.1 Å². The van der Waals surface area contributed by atoms with Crippen molar-refractivity contribution >= 4 is 0 Å². The van der Waals surface area contributed by atoms with Gasteiger partial charge in [-0.2, -0.15) is 26.3 Å². The van der Waals surface area contributed by atoms with Gasteiger partial charge in [0.25, 0.3) is 0 Å². The van der Waals surface area contributed by atoms with Gasteiger partial charge in [0.2, 0.25) is 0 Å². The molecule has 0 amide bonds. The molecule has 0 heterocycles. The van der Waals surface area contributed by atoms with Crippen LogP contribution in [0.25, 0.3) is 0 Å². The molecule has 26 heavy (non-hydrogen) atoms. The molecule has 0 bridgehead atoms. The van der Waals surface area contributed by atoms with Crippen LogP contribution in [0.3, 0.4) is 0 Å². The van der Waals surface area contributed by atoms with Crippen molar-refractivity contribution in [3.8, 4) is 0 Å². The van der Waals surface area contributed by atoms with Gasteiger partial charge >= 0.3 is 18.0 Å². The summed E-state index contributed by atoms with van der Waals surface area (Å²) >= 11 is 0. The van der Waals surface area contributed by atoms with Gasteiger partial charge < -0.3 is 4.74 Å². The number of halogens is 7. The van der Waals surface area contributed by atoms with E-state index >= 15 is 0 Å². The SMILES string of the molecule is CCC1CC=C(C2=CCC(OC(F)(F)C(F)(F)C(F)(F)CF)C=C2)CC1. The van der Waals surface area contributed by atoms with Gasteiger partial charge in [-0.3, -0.25) is 0 Å². The Bertz CT molecular complexity index is 592. The molecule has 2 atom stereocenters. The molecule has 0 N–H and O–H groups in total. The zero-order valence-corrected chi connectivity index (χ0v) is 14.3. The number of rotatable bonds is 7. The molecule has 2 unspecified atom stereocenters. The highest BCUT2D eigenvalue weighted by atomic mass is 19.4. The third-order valence-corrected chi connectivity index (χ3v) is 4.82. The highest BCUT2D eigenvalue weighted by Crippen LogP contribution is 2.47. The van der Waals surface area contributed by atoms with Crippen LogP contribution in [0.2, 0.25) is 0 Å². The largest absolute Gasteiger partial charge is 0.426 e. The molecule has 1 nitrogen and oxygen atoms in total. The Morgan fingerprint density at radius 2 is 1.77 bits per heavy atom. The average Bonchev–Trinajstić information content (AvgIpc) is 2.62. The lowest BCUT2D eigenvalue weighted by Gasteiger charge is -2.33. The molecule has 0 fully saturated rings. The van der Waals surface area contributed by atoms with E-state index in [-0.39, 0.29) is 6.42 Å².